The van der Waals surface area contributed by atoms with E-state index in [2.05, 4.69) is 53.9 Å². The van der Waals surface area contributed by atoms with E-state index >= 15 is 0 Å². The fourth-order valence-electron chi connectivity index (χ4n) is 2.93. The Morgan fingerprint density at radius 2 is 1.90 bits per heavy atom. The largest absolute Gasteiger partial charge is 0.369 e. The number of rotatable bonds is 4. The second-order valence-corrected chi connectivity index (χ2v) is 5.91. The van der Waals surface area contributed by atoms with Gasteiger partial charge in [0.1, 0.15) is 0 Å². The molecule has 2 aliphatic heterocycles. The van der Waals surface area contributed by atoms with Crippen LogP contribution in [0.5, 0.6) is 0 Å². The van der Waals surface area contributed by atoms with Crippen LogP contribution in [0.3, 0.4) is 0 Å². The highest BCUT2D eigenvalue weighted by Gasteiger charge is 2.16. The minimum atomic E-state index is 0.477. The minimum Gasteiger partial charge on any atom is -0.369 e. The zero-order chi connectivity index (χ0) is 14.4. The van der Waals surface area contributed by atoms with Gasteiger partial charge in [-0.05, 0) is 45.0 Å². The summed E-state index contributed by atoms with van der Waals surface area (Å²) < 4.78 is 0. The summed E-state index contributed by atoms with van der Waals surface area (Å²) >= 11 is 0. The third-order valence-electron chi connectivity index (χ3n) is 4.39. The van der Waals surface area contributed by atoms with Crippen LogP contribution >= 0.6 is 0 Å². The van der Waals surface area contributed by atoms with Gasteiger partial charge in [-0.1, -0.05) is 25.2 Å². The van der Waals surface area contributed by atoms with Gasteiger partial charge in [0.15, 0.2) is 0 Å². The summed E-state index contributed by atoms with van der Waals surface area (Å²) in [7, 11) is 2.19. The fourth-order valence-corrected chi connectivity index (χ4v) is 2.93. The first-order valence-electron chi connectivity index (χ1n) is 7.91. The quantitative estimate of drug-likeness (QED) is 0.795. The number of piperazine rings is 1. The lowest BCUT2D eigenvalue weighted by Gasteiger charge is -2.34. The molecule has 0 unspecified atom stereocenters. The minimum absolute atomic E-state index is 0.477. The zero-order valence-corrected chi connectivity index (χ0v) is 13.1. The SMILES string of the molecule is C=C(/C=C\C(=C/C)N1CCN(C)CC1)[C@@H]1CCCCN1. The van der Waals surface area contributed by atoms with Crippen molar-refractivity contribution in [3.05, 3.63) is 36.1 Å². The number of nitrogens with zero attached hydrogens (tertiary/aromatic N) is 2. The van der Waals surface area contributed by atoms with Crippen molar-refractivity contribution in [1.82, 2.24) is 15.1 Å². The Bertz CT molecular complexity index is 370. The molecule has 0 spiro atoms. The number of allylic oxidation sites excluding steroid dienone is 2. The molecule has 0 aromatic rings. The molecule has 20 heavy (non-hydrogen) atoms. The molecule has 0 aromatic heterocycles. The molecule has 2 rings (SSSR count). The maximum absolute atomic E-state index is 4.24. The van der Waals surface area contributed by atoms with Crippen molar-refractivity contribution in [3.8, 4) is 0 Å². The summed E-state index contributed by atoms with van der Waals surface area (Å²) in [4.78, 5) is 4.86. The normalized spacial score (nSPS) is 26.2. The van der Waals surface area contributed by atoms with E-state index in [0.717, 1.165) is 32.7 Å². The predicted molar refractivity (Wildman–Crippen MR) is 86.7 cm³/mol. The average molecular weight is 275 g/mol. The van der Waals surface area contributed by atoms with Crippen molar-refractivity contribution in [2.24, 2.45) is 0 Å². The van der Waals surface area contributed by atoms with Crippen LogP contribution in [0.2, 0.25) is 0 Å². The van der Waals surface area contributed by atoms with Crippen LogP contribution < -0.4 is 5.32 Å². The summed E-state index contributed by atoms with van der Waals surface area (Å²) in [5.74, 6) is 0. The molecule has 1 N–H and O–H groups in total. The highest BCUT2D eigenvalue weighted by molar-refractivity contribution is 5.29. The van der Waals surface area contributed by atoms with Gasteiger partial charge in [-0.15, -0.1) is 0 Å². The summed E-state index contributed by atoms with van der Waals surface area (Å²) in [6, 6.07) is 0.477. The Balaban J connectivity index is 1.88. The first kappa shape index (κ1) is 15.3. The molecule has 2 heterocycles. The predicted octanol–water partition coefficient (Wildman–Crippen LogP) is 2.39. The van der Waals surface area contributed by atoms with Crippen LogP contribution in [0.1, 0.15) is 26.2 Å². The van der Waals surface area contributed by atoms with Crippen LogP contribution in [0.15, 0.2) is 36.1 Å². The molecule has 2 aliphatic rings. The van der Waals surface area contributed by atoms with E-state index in [4.69, 9.17) is 0 Å². The monoisotopic (exact) mass is 275 g/mol. The fraction of sp³-hybridized carbons (Fsp3) is 0.647. The van der Waals surface area contributed by atoms with Crippen molar-refractivity contribution >= 4 is 0 Å². The maximum atomic E-state index is 4.24. The van der Waals surface area contributed by atoms with Gasteiger partial charge in [0.05, 0.1) is 0 Å². The van der Waals surface area contributed by atoms with Crippen LogP contribution in [0.25, 0.3) is 0 Å². The Hall–Kier alpha value is -1.06. The Labute approximate surface area is 124 Å². The second-order valence-electron chi connectivity index (χ2n) is 5.91. The van der Waals surface area contributed by atoms with E-state index in [9.17, 15) is 0 Å². The van der Waals surface area contributed by atoms with Crippen LogP contribution in [0.4, 0.5) is 0 Å². The molecule has 1 atom stereocenters. The first-order valence-corrected chi connectivity index (χ1v) is 7.91. The molecule has 0 aromatic carbocycles. The van der Waals surface area contributed by atoms with Crippen molar-refractivity contribution in [2.45, 2.75) is 32.2 Å². The van der Waals surface area contributed by atoms with Crippen molar-refractivity contribution in [3.63, 3.8) is 0 Å². The number of likely N-dealkylation sites (N-methyl/N-ethyl adjacent to an activating group) is 1. The third kappa shape index (κ3) is 4.22. The molecule has 0 amide bonds. The van der Waals surface area contributed by atoms with Gasteiger partial charge < -0.3 is 15.1 Å². The lowest BCUT2D eigenvalue weighted by Crippen LogP contribution is -2.43. The number of nitrogens with one attached hydrogen (secondary N) is 1. The van der Waals surface area contributed by atoms with Gasteiger partial charge in [0, 0.05) is 37.9 Å². The van der Waals surface area contributed by atoms with E-state index in [-0.39, 0.29) is 0 Å². The Kier molecular flexibility index (Phi) is 5.86. The molecular weight excluding hydrogens is 246 g/mol. The molecule has 0 bridgehead atoms. The van der Waals surface area contributed by atoms with Crippen LogP contribution in [-0.2, 0) is 0 Å². The first-order chi connectivity index (χ1) is 9.70. The summed E-state index contributed by atoms with van der Waals surface area (Å²) in [5, 5.41) is 3.56. The van der Waals surface area contributed by atoms with E-state index < -0.39 is 0 Å². The molecule has 0 aliphatic carbocycles. The molecule has 0 saturated carbocycles. The Morgan fingerprint density at radius 3 is 2.50 bits per heavy atom. The van der Waals surface area contributed by atoms with E-state index in [0.29, 0.717) is 6.04 Å². The lowest BCUT2D eigenvalue weighted by molar-refractivity contribution is 0.190. The van der Waals surface area contributed by atoms with Crippen LogP contribution in [-0.4, -0.2) is 55.6 Å². The van der Waals surface area contributed by atoms with Gasteiger partial charge in [-0.25, -0.2) is 0 Å². The molecule has 2 fully saturated rings. The highest BCUT2D eigenvalue weighted by atomic mass is 15.2. The van der Waals surface area contributed by atoms with Gasteiger partial charge >= 0.3 is 0 Å². The third-order valence-corrected chi connectivity index (χ3v) is 4.39. The molecule has 0 radical (unpaired) electrons. The standard InChI is InChI=1S/C17H29N3/c1-4-16(20-13-11-19(3)12-14-20)9-8-15(2)17-7-5-6-10-18-17/h4,8-9,17-18H,2,5-7,10-14H2,1,3H3/b9-8-,16-4+/t17-/m0/s1. The topological polar surface area (TPSA) is 18.5 Å². The molecule has 3 nitrogen and oxygen atoms in total. The smallest absolute Gasteiger partial charge is 0.0323 e. The van der Waals surface area contributed by atoms with Crippen molar-refractivity contribution < 1.29 is 0 Å². The second kappa shape index (κ2) is 7.65. The molecule has 112 valence electrons. The molecule has 3 heteroatoms. The lowest BCUT2D eigenvalue weighted by atomic mass is 9.98. The summed E-state index contributed by atoms with van der Waals surface area (Å²) in [5.41, 5.74) is 2.55. The van der Waals surface area contributed by atoms with Gasteiger partial charge in [-0.2, -0.15) is 0 Å². The number of hydrogen-bond donors (Lipinski definition) is 1. The van der Waals surface area contributed by atoms with Gasteiger partial charge in [0.25, 0.3) is 0 Å². The number of hydrogen-bond acceptors (Lipinski definition) is 3. The summed E-state index contributed by atoms with van der Waals surface area (Å²) in [6.45, 7) is 12.0. The average Bonchev–Trinajstić information content (AvgIpc) is 2.50. The van der Waals surface area contributed by atoms with E-state index in [1.165, 1.54) is 30.5 Å². The van der Waals surface area contributed by atoms with Crippen molar-refractivity contribution in [2.75, 3.05) is 39.8 Å². The summed E-state index contributed by atoms with van der Waals surface area (Å²) in [6.07, 6.45) is 10.5. The van der Waals surface area contributed by atoms with E-state index in [1.807, 2.05) is 0 Å². The van der Waals surface area contributed by atoms with Gasteiger partial charge in [0.2, 0.25) is 0 Å². The van der Waals surface area contributed by atoms with Crippen molar-refractivity contribution in [1.29, 1.82) is 0 Å². The number of piperidine rings is 1. The Morgan fingerprint density at radius 1 is 1.15 bits per heavy atom. The van der Waals surface area contributed by atoms with Crippen LogP contribution in [0, 0.1) is 0 Å². The maximum Gasteiger partial charge on any atom is 0.0323 e. The molecule has 2 saturated heterocycles. The van der Waals surface area contributed by atoms with E-state index in [1.54, 1.807) is 0 Å². The zero-order valence-electron chi connectivity index (χ0n) is 13.1. The molecular formula is C17H29N3. The highest BCUT2D eigenvalue weighted by Crippen LogP contribution is 2.16. The van der Waals surface area contributed by atoms with Gasteiger partial charge in [-0.3, -0.25) is 0 Å².